The number of halogens is 1. The Labute approximate surface area is 188 Å². The molecule has 0 radical (unpaired) electrons. The van der Waals surface area contributed by atoms with Gasteiger partial charge in [0.25, 0.3) is 0 Å². The average molecular weight is 432 g/mol. The molecular weight excluding hydrogens is 394 g/mol. The van der Waals surface area contributed by atoms with Gasteiger partial charge in [0.15, 0.2) is 0 Å². The van der Waals surface area contributed by atoms with Gasteiger partial charge in [-0.2, -0.15) is 0 Å². The Bertz CT molecular complexity index is 690. The van der Waals surface area contributed by atoms with Gasteiger partial charge in [0.05, 0.1) is 6.67 Å². The second-order valence-electron chi connectivity index (χ2n) is 9.96. The minimum Gasteiger partial charge on any atom is -0.339 e. The third-order valence-corrected chi connectivity index (χ3v) is 8.60. The summed E-state index contributed by atoms with van der Waals surface area (Å²) < 4.78 is 0. The zero-order valence-electron chi connectivity index (χ0n) is 18.2. The summed E-state index contributed by atoms with van der Waals surface area (Å²) in [5, 5.41) is 3.13. The van der Waals surface area contributed by atoms with E-state index < -0.39 is 0 Å². The number of nitrogens with one attached hydrogen (secondary N) is 1. The fourth-order valence-electron chi connectivity index (χ4n) is 6.84. The van der Waals surface area contributed by atoms with Crippen LogP contribution in [0.5, 0.6) is 0 Å². The Morgan fingerprint density at radius 2 is 1.47 bits per heavy atom. The molecule has 5 rings (SSSR count). The number of carbonyl (C=O) groups is 1. The van der Waals surface area contributed by atoms with Crippen LogP contribution < -0.4 is 10.2 Å². The quantitative estimate of drug-likeness (QED) is 0.733. The van der Waals surface area contributed by atoms with Crippen molar-refractivity contribution in [1.82, 2.24) is 10.2 Å². The van der Waals surface area contributed by atoms with Gasteiger partial charge in [-0.05, 0) is 62.5 Å². The molecule has 166 valence electrons. The molecule has 2 aliphatic carbocycles. The van der Waals surface area contributed by atoms with Gasteiger partial charge in [0, 0.05) is 24.8 Å². The minimum atomic E-state index is -0.336. The number of para-hydroxylation sites is 1. The predicted octanol–water partition coefficient (Wildman–Crippen LogP) is 4.98. The fourth-order valence-corrected chi connectivity index (χ4v) is 6.84. The van der Waals surface area contributed by atoms with Crippen LogP contribution in [0, 0.1) is 11.8 Å². The summed E-state index contributed by atoms with van der Waals surface area (Å²) in [7, 11) is 0. The van der Waals surface area contributed by atoms with Crippen molar-refractivity contribution in [2.75, 3.05) is 24.7 Å². The molecule has 0 bridgehead atoms. The van der Waals surface area contributed by atoms with E-state index in [1.807, 2.05) is 6.07 Å². The number of carbonyl (C=O) groups excluding carboxylic acids is 1. The molecule has 5 heteroatoms. The average Bonchev–Trinajstić information content (AvgIpc) is 3.11. The second kappa shape index (κ2) is 9.48. The summed E-state index contributed by atoms with van der Waals surface area (Å²) in [6, 6.07) is 11.2. The van der Waals surface area contributed by atoms with E-state index >= 15 is 0 Å². The fraction of sp³-hybridized carbons (Fsp3) is 0.720. The first-order chi connectivity index (χ1) is 14.3. The van der Waals surface area contributed by atoms with Crippen LogP contribution in [0.25, 0.3) is 0 Å². The number of nitrogens with zero attached hydrogens (tertiary/aromatic N) is 2. The molecule has 1 aromatic carbocycles. The highest BCUT2D eigenvalue weighted by Crippen LogP contribution is 2.41. The molecule has 2 aliphatic heterocycles. The highest BCUT2D eigenvalue weighted by Gasteiger charge is 2.51. The molecule has 1 spiro atoms. The van der Waals surface area contributed by atoms with Gasteiger partial charge in [0.1, 0.15) is 5.54 Å². The van der Waals surface area contributed by atoms with Crippen LogP contribution in [0.3, 0.4) is 0 Å². The van der Waals surface area contributed by atoms with Crippen molar-refractivity contribution in [3.8, 4) is 0 Å². The van der Waals surface area contributed by atoms with Crippen molar-refractivity contribution in [2.45, 2.75) is 82.2 Å². The van der Waals surface area contributed by atoms with Crippen molar-refractivity contribution >= 4 is 24.0 Å². The van der Waals surface area contributed by atoms with Crippen LogP contribution in [-0.4, -0.2) is 42.1 Å². The predicted molar refractivity (Wildman–Crippen MR) is 125 cm³/mol. The maximum atomic E-state index is 12.9. The molecule has 2 saturated heterocycles. The normalized spacial score (nSPS) is 30.1. The van der Waals surface area contributed by atoms with Gasteiger partial charge in [-0.15, -0.1) is 12.4 Å². The Balaban J connectivity index is 0.00000218. The molecule has 4 aliphatic rings. The smallest absolute Gasteiger partial charge is 0.247 e. The van der Waals surface area contributed by atoms with Gasteiger partial charge in [-0.1, -0.05) is 50.3 Å². The van der Waals surface area contributed by atoms with Crippen LogP contribution in [0.1, 0.15) is 70.6 Å². The van der Waals surface area contributed by atoms with E-state index in [0.29, 0.717) is 6.67 Å². The van der Waals surface area contributed by atoms with Crippen molar-refractivity contribution < 1.29 is 4.79 Å². The van der Waals surface area contributed by atoms with Crippen molar-refractivity contribution in [3.05, 3.63) is 30.3 Å². The first-order valence-corrected chi connectivity index (χ1v) is 12.1. The van der Waals surface area contributed by atoms with Crippen LogP contribution in [0.15, 0.2) is 30.3 Å². The molecule has 1 amide bonds. The molecule has 4 nitrogen and oxygen atoms in total. The summed E-state index contributed by atoms with van der Waals surface area (Å²) >= 11 is 0. The van der Waals surface area contributed by atoms with Gasteiger partial charge < -0.3 is 15.1 Å². The molecule has 1 N–H and O–H groups in total. The lowest BCUT2D eigenvalue weighted by Crippen LogP contribution is -2.58. The molecular formula is C25H38ClN3O. The van der Waals surface area contributed by atoms with Crippen LogP contribution in [0.2, 0.25) is 0 Å². The molecule has 2 heterocycles. The minimum absolute atomic E-state index is 0. The SMILES string of the molecule is Cl.O=C1NCN(c2ccccc2)C12CCN(C1CCC(C3CCCCC3)CC1)CC2. The zero-order chi connectivity index (χ0) is 19.7. The number of likely N-dealkylation sites (tertiary alicyclic amines) is 1. The van der Waals surface area contributed by atoms with E-state index in [2.05, 4.69) is 39.4 Å². The third kappa shape index (κ3) is 4.10. The molecule has 1 aromatic rings. The van der Waals surface area contributed by atoms with E-state index in [0.717, 1.165) is 43.8 Å². The molecule has 4 fully saturated rings. The second-order valence-corrected chi connectivity index (χ2v) is 9.96. The third-order valence-electron chi connectivity index (χ3n) is 8.60. The number of amides is 1. The first kappa shape index (κ1) is 22.0. The number of benzene rings is 1. The van der Waals surface area contributed by atoms with Gasteiger partial charge in [-0.25, -0.2) is 0 Å². The Morgan fingerprint density at radius 3 is 2.13 bits per heavy atom. The lowest BCUT2D eigenvalue weighted by molar-refractivity contribution is -0.125. The van der Waals surface area contributed by atoms with E-state index in [-0.39, 0.29) is 23.9 Å². The van der Waals surface area contributed by atoms with E-state index in [1.165, 1.54) is 63.5 Å². The van der Waals surface area contributed by atoms with Crippen LogP contribution >= 0.6 is 12.4 Å². The van der Waals surface area contributed by atoms with Crippen LogP contribution in [0.4, 0.5) is 5.69 Å². The number of hydrogen-bond acceptors (Lipinski definition) is 3. The molecule has 0 unspecified atom stereocenters. The Kier molecular flexibility index (Phi) is 6.94. The topological polar surface area (TPSA) is 35.6 Å². The number of hydrogen-bond donors (Lipinski definition) is 1. The zero-order valence-corrected chi connectivity index (χ0v) is 19.0. The Morgan fingerprint density at radius 1 is 0.833 bits per heavy atom. The van der Waals surface area contributed by atoms with E-state index in [9.17, 15) is 4.79 Å². The first-order valence-electron chi connectivity index (χ1n) is 12.1. The molecule has 30 heavy (non-hydrogen) atoms. The maximum Gasteiger partial charge on any atom is 0.247 e. The Hall–Kier alpha value is -1.26. The van der Waals surface area contributed by atoms with Crippen LogP contribution in [-0.2, 0) is 4.79 Å². The maximum absolute atomic E-state index is 12.9. The highest BCUT2D eigenvalue weighted by atomic mass is 35.5. The van der Waals surface area contributed by atoms with E-state index in [4.69, 9.17) is 0 Å². The molecule has 0 atom stereocenters. The van der Waals surface area contributed by atoms with Crippen molar-refractivity contribution in [1.29, 1.82) is 0 Å². The largest absolute Gasteiger partial charge is 0.339 e. The summed E-state index contributed by atoms with van der Waals surface area (Å²) in [4.78, 5) is 17.9. The standard InChI is InChI=1S/C25H37N3O.ClH/c29-24-25(28(19-26-24)23-9-5-2-6-10-23)15-17-27(18-16-25)22-13-11-21(12-14-22)20-7-3-1-4-8-20;/h2,5-6,9-10,20-22H,1,3-4,7-8,11-19H2,(H,26,29);1H. The number of rotatable bonds is 3. The summed E-state index contributed by atoms with van der Waals surface area (Å²) in [5.41, 5.74) is 0.837. The summed E-state index contributed by atoms with van der Waals surface area (Å²) in [6.07, 6.45) is 14.9. The summed E-state index contributed by atoms with van der Waals surface area (Å²) in [6.45, 7) is 2.78. The monoisotopic (exact) mass is 431 g/mol. The van der Waals surface area contributed by atoms with E-state index in [1.54, 1.807) is 0 Å². The molecule has 0 aromatic heterocycles. The lowest BCUT2D eigenvalue weighted by Gasteiger charge is -2.47. The summed E-state index contributed by atoms with van der Waals surface area (Å²) in [5.74, 6) is 2.26. The number of anilines is 1. The highest BCUT2D eigenvalue weighted by molar-refractivity contribution is 5.93. The van der Waals surface area contributed by atoms with Crippen molar-refractivity contribution in [2.24, 2.45) is 11.8 Å². The van der Waals surface area contributed by atoms with Gasteiger partial charge in [0.2, 0.25) is 5.91 Å². The number of piperidine rings is 1. The van der Waals surface area contributed by atoms with Gasteiger partial charge >= 0.3 is 0 Å². The van der Waals surface area contributed by atoms with Gasteiger partial charge in [-0.3, -0.25) is 4.79 Å². The van der Waals surface area contributed by atoms with Crippen molar-refractivity contribution in [3.63, 3.8) is 0 Å². The lowest BCUT2D eigenvalue weighted by atomic mass is 9.72. The molecule has 2 saturated carbocycles.